The zero-order chi connectivity index (χ0) is 16.4. The fourth-order valence-corrected chi connectivity index (χ4v) is 2.87. The van der Waals surface area contributed by atoms with Crippen LogP contribution in [0.2, 0.25) is 0 Å². The Hall–Kier alpha value is -2.21. The Morgan fingerprint density at radius 2 is 2.00 bits per heavy atom. The number of nitrogens with one attached hydrogen (secondary N) is 1. The lowest BCUT2D eigenvalue weighted by molar-refractivity contribution is -0.145. The predicted octanol–water partition coefficient (Wildman–Crippen LogP) is 0.580. The minimum Gasteiger partial charge on any atom is -0.307 e. The number of nitrogens with zero attached hydrogens (tertiary/aromatic N) is 2. The molecular weight excluding hydrogens is 282 g/mol. The molecule has 2 aliphatic heterocycles. The van der Waals surface area contributed by atoms with E-state index in [4.69, 9.17) is 0 Å². The number of hydrogen-bond acceptors (Lipinski definition) is 4. The van der Waals surface area contributed by atoms with Crippen LogP contribution in [0.25, 0.3) is 0 Å². The van der Waals surface area contributed by atoms with Gasteiger partial charge in [-0.2, -0.15) is 0 Å². The van der Waals surface area contributed by atoms with Crippen molar-refractivity contribution in [1.82, 2.24) is 15.1 Å². The topological polar surface area (TPSA) is 69.7 Å². The summed E-state index contributed by atoms with van der Waals surface area (Å²) in [4.78, 5) is 39.4. The summed E-state index contributed by atoms with van der Waals surface area (Å²) in [5.74, 6) is -0.974. The third-order valence-electron chi connectivity index (χ3n) is 3.89. The second kappa shape index (κ2) is 6.27. The Balaban J connectivity index is 2.41. The molecule has 0 bridgehead atoms. The van der Waals surface area contributed by atoms with E-state index in [1.54, 1.807) is 0 Å². The van der Waals surface area contributed by atoms with Crippen LogP contribution in [0.4, 0.5) is 0 Å². The third-order valence-corrected chi connectivity index (χ3v) is 3.89. The summed E-state index contributed by atoms with van der Waals surface area (Å²) in [6.07, 6.45) is 5.77. The van der Waals surface area contributed by atoms with Crippen LogP contribution in [0.5, 0.6) is 0 Å². The molecule has 0 aromatic carbocycles. The van der Waals surface area contributed by atoms with Crippen molar-refractivity contribution in [2.24, 2.45) is 0 Å². The van der Waals surface area contributed by atoms with Gasteiger partial charge in [-0.25, -0.2) is 0 Å². The van der Waals surface area contributed by atoms with Gasteiger partial charge in [0.15, 0.2) is 0 Å². The molecular formula is C16H21N3O3. The van der Waals surface area contributed by atoms with Crippen LogP contribution < -0.4 is 5.32 Å². The van der Waals surface area contributed by atoms with Gasteiger partial charge >= 0.3 is 0 Å². The lowest BCUT2D eigenvalue weighted by Gasteiger charge is -2.36. The van der Waals surface area contributed by atoms with Crippen molar-refractivity contribution in [2.45, 2.75) is 32.0 Å². The first-order chi connectivity index (χ1) is 10.4. The van der Waals surface area contributed by atoms with Crippen molar-refractivity contribution in [2.75, 3.05) is 14.1 Å². The van der Waals surface area contributed by atoms with E-state index in [9.17, 15) is 14.4 Å². The van der Waals surface area contributed by atoms with E-state index in [1.165, 1.54) is 4.90 Å². The number of carbonyl (C=O) groups is 3. The molecule has 0 saturated carbocycles. The molecule has 0 spiro atoms. The van der Waals surface area contributed by atoms with Gasteiger partial charge in [-0.15, -0.1) is 0 Å². The van der Waals surface area contributed by atoms with Crippen LogP contribution in [-0.4, -0.2) is 53.8 Å². The van der Waals surface area contributed by atoms with Crippen molar-refractivity contribution in [1.29, 1.82) is 0 Å². The summed E-state index contributed by atoms with van der Waals surface area (Å²) in [7, 11) is 3.69. The molecule has 22 heavy (non-hydrogen) atoms. The highest BCUT2D eigenvalue weighted by atomic mass is 16.2. The maximum Gasteiger partial charge on any atom is 0.255 e. The number of rotatable bonds is 3. The van der Waals surface area contributed by atoms with Gasteiger partial charge in [0.05, 0.1) is 0 Å². The maximum atomic E-state index is 12.6. The van der Waals surface area contributed by atoms with Crippen LogP contribution in [0.15, 0.2) is 36.0 Å². The van der Waals surface area contributed by atoms with Crippen LogP contribution in [0.3, 0.4) is 0 Å². The number of likely N-dealkylation sites (tertiary alicyclic amines) is 1. The highest BCUT2D eigenvalue weighted by Gasteiger charge is 2.46. The van der Waals surface area contributed by atoms with Gasteiger partial charge < -0.3 is 4.90 Å². The molecule has 1 N–H and O–H groups in total. The lowest BCUT2D eigenvalue weighted by Crippen LogP contribution is -2.57. The van der Waals surface area contributed by atoms with Gasteiger partial charge in [-0.3, -0.25) is 24.6 Å². The molecule has 0 aliphatic carbocycles. The second-order valence-electron chi connectivity index (χ2n) is 5.64. The first-order valence-corrected chi connectivity index (χ1v) is 7.23. The summed E-state index contributed by atoms with van der Waals surface area (Å²) >= 11 is 0. The number of carbonyl (C=O) groups excluding carboxylic acids is 3. The fraction of sp³-hybridized carbons (Fsp3) is 0.438. The summed E-state index contributed by atoms with van der Waals surface area (Å²) < 4.78 is 0. The molecule has 0 aromatic heterocycles. The smallest absolute Gasteiger partial charge is 0.255 e. The molecule has 2 unspecified atom stereocenters. The van der Waals surface area contributed by atoms with Crippen molar-refractivity contribution in [3.05, 3.63) is 36.0 Å². The summed E-state index contributed by atoms with van der Waals surface area (Å²) in [5, 5.41) is 2.31. The van der Waals surface area contributed by atoms with Gasteiger partial charge in [-0.05, 0) is 27.4 Å². The normalized spacial score (nSPS) is 28.4. The first-order valence-electron chi connectivity index (χ1n) is 7.23. The van der Waals surface area contributed by atoms with E-state index in [1.807, 2.05) is 44.1 Å². The van der Waals surface area contributed by atoms with Crippen LogP contribution in [-0.2, 0) is 14.4 Å². The third kappa shape index (κ3) is 2.74. The second-order valence-corrected chi connectivity index (χ2v) is 5.64. The van der Waals surface area contributed by atoms with Crippen molar-refractivity contribution in [3.8, 4) is 0 Å². The molecule has 2 saturated heterocycles. The molecule has 0 aromatic rings. The lowest BCUT2D eigenvalue weighted by atomic mass is 10.0. The molecule has 6 heteroatoms. The Bertz CT molecular complexity index is 589. The number of amides is 3. The molecule has 2 rings (SSSR count). The number of hydrogen-bond donors (Lipinski definition) is 1. The minimum absolute atomic E-state index is 0.237. The van der Waals surface area contributed by atoms with Crippen LogP contribution in [0, 0.1) is 0 Å². The van der Waals surface area contributed by atoms with E-state index < -0.39 is 11.9 Å². The van der Waals surface area contributed by atoms with Gasteiger partial charge in [0.2, 0.25) is 11.8 Å². The monoisotopic (exact) mass is 303 g/mol. The fourth-order valence-electron chi connectivity index (χ4n) is 2.87. The minimum atomic E-state index is -0.647. The molecule has 118 valence electrons. The standard InChI is InChI=1S/C16H21N3O3/c1-5-6-7-11-10(2)16(22)19(15(11)18(3)4)12-8-9-13(20)17-14(12)21/h5-7,12,15H,2,8-9H2,1,3-4H3,(H,17,20,21)/b6-5+,11-7+. The number of imide groups is 1. The Morgan fingerprint density at radius 3 is 2.55 bits per heavy atom. The number of allylic oxidation sites excluding steroid dienone is 3. The van der Waals surface area contributed by atoms with E-state index in [-0.39, 0.29) is 24.4 Å². The average Bonchev–Trinajstić information content (AvgIpc) is 2.70. The maximum absolute atomic E-state index is 12.6. The highest BCUT2D eigenvalue weighted by molar-refractivity contribution is 6.07. The Kier molecular flexibility index (Phi) is 4.61. The van der Waals surface area contributed by atoms with E-state index in [2.05, 4.69) is 11.9 Å². The highest BCUT2D eigenvalue weighted by Crippen LogP contribution is 2.33. The van der Waals surface area contributed by atoms with Crippen LogP contribution in [0.1, 0.15) is 19.8 Å². The van der Waals surface area contributed by atoms with Crippen molar-refractivity contribution >= 4 is 17.7 Å². The van der Waals surface area contributed by atoms with Gasteiger partial charge in [-0.1, -0.05) is 24.8 Å². The van der Waals surface area contributed by atoms with E-state index in [0.29, 0.717) is 12.0 Å². The Labute approximate surface area is 130 Å². The van der Waals surface area contributed by atoms with Gasteiger partial charge in [0.1, 0.15) is 12.2 Å². The SMILES string of the molecule is C=C1C(=O)N(C2CCC(=O)NC2=O)C(N(C)C)/C1=C/C=C/C. The molecule has 2 atom stereocenters. The quantitative estimate of drug-likeness (QED) is 0.612. The largest absolute Gasteiger partial charge is 0.307 e. The zero-order valence-electron chi connectivity index (χ0n) is 13.1. The Morgan fingerprint density at radius 1 is 1.32 bits per heavy atom. The number of piperidine rings is 1. The summed E-state index contributed by atoms with van der Waals surface area (Å²) in [6, 6.07) is -0.647. The van der Waals surface area contributed by atoms with Crippen LogP contribution >= 0.6 is 0 Å². The molecule has 0 radical (unpaired) electrons. The molecule has 3 amide bonds. The van der Waals surface area contributed by atoms with E-state index >= 15 is 0 Å². The molecule has 6 nitrogen and oxygen atoms in total. The summed E-state index contributed by atoms with van der Waals surface area (Å²) in [5.41, 5.74) is 1.17. The van der Waals surface area contributed by atoms with Crippen molar-refractivity contribution < 1.29 is 14.4 Å². The molecule has 2 aliphatic rings. The average molecular weight is 303 g/mol. The zero-order valence-corrected chi connectivity index (χ0v) is 13.1. The van der Waals surface area contributed by atoms with E-state index in [0.717, 1.165) is 5.57 Å². The predicted molar refractivity (Wildman–Crippen MR) is 82.5 cm³/mol. The molecule has 2 heterocycles. The van der Waals surface area contributed by atoms with Gasteiger partial charge in [0, 0.05) is 17.6 Å². The summed E-state index contributed by atoms with van der Waals surface area (Å²) in [6.45, 7) is 5.76. The number of likely N-dealkylation sites (N-methyl/N-ethyl adjacent to an activating group) is 1. The molecule has 2 fully saturated rings. The van der Waals surface area contributed by atoms with Crippen molar-refractivity contribution in [3.63, 3.8) is 0 Å². The van der Waals surface area contributed by atoms with Gasteiger partial charge in [0.25, 0.3) is 5.91 Å². The first kappa shape index (κ1) is 16.2.